The molecule has 1 aliphatic rings. The average Bonchev–Trinajstić information content (AvgIpc) is 2.46. The highest BCUT2D eigenvalue weighted by atomic mass is 35.5. The van der Waals surface area contributed by atoms with Crippen LogP contribution in [0.15, 0.2) is 24.3 Å². The standard InChI is InChI=1S/C17H24ClNO2/c1-12(20)13-7-9-19(10-8-13)16(21)17(2,3)14-5-4-6-15(18)11-14/h4-6,11-13,20H,7-10H2,1-3H3/t12-/m1/s1. The number of carbonyl (C=O) groups excluding carboxylic acids is 1. The maximum Gasteiger partial charge on any atom is 0.232 e. The van der Waals surface area contributed by atoms with Gasteiger partial charge in [-0.25, -0.2) is 0 Å². The van der Waals surface area contributed by atoms with Gasteiger partial charge in [0.15, 0.2) is 0 Å². The normalized spacial score (nSPS) is 18.6. The van der Waals surface area contributed by atoms with Crippen LogP contribution < -0.4 is 0 Å². The van der Waals surface area contributed by atoms with Gasteiger partial charge in [0.05, 0.1) is 11.5 Å². The Balaban J connectivity index is 2.09. The number of nitrogens with zero attached hydrogens (tertiary/aromatic N) is 1. The number of hydrogen-bond acceptors (Lipinski definition) is 2. The second-order valence-electron chi connectivity index (χ2n) is 6.51. The summed E-state index contributed by atoms with van der Waals surface area (Å²) in [5.41, 5.74) is 0.361. The maximum atomic E-state index is 12.8. The quantitative estimate of drug-likeness (QED) is 0.931. The molecule has 1 aromatic rings. The second-order valence-corrected chi connectivity index (χ2v) is 6.94. The molecule has 0 saturated carbocycles. The summed E-state index contributed by atoms with van der Waals surface area (Å²) in [5, 5.41) is 10.3. The summed E-state index contributed by atoms with van der Waals surface area (Å²) in [6, 6.07) is 7.51. The van der Waals surface area contributed by atoms with E-state index in [0.717, 1.165) is 31.5 Å². The highest BCUT2D eigenvalue weighted by Gasteiger charge is 2.36. The van der Waals surface area contributed by atoms with E-state index in [9.17, 15) is 9.90 Å². The number of carbonyl (C=O) groups is 1. The number of amides is 1. The number of aliphatic hydroxyl groups excluding tert-OH is 1. The molecule has 1 atom stereocenters. The van der Waals surface area contributed by atoms with E-state index in [1.807, 2.05) is 49.9 Å². The van der Waals surface area contributed by atoms with Crippen molar-refractivity contribution in [3.8, 4) is 0 Å². The molecule has 1 N–H and O–H groups in total. The Kier molecular flexibility index (Phi) is 4.95. The Bertz CT molecular complexity index is 505. The number of halogens is 1. The minimum Gasteiger partial charge on any atom is -0.393 e. The fourth-order valence-electron chi connectivity index (χ4n) is 2.98. The minimum absolute atomic E-state index is 0.133. The van der Waals surface area contributed by atoms with Crippen LogP contribution in [0.5, 0.6) is 0 Å². The Labute approximate surface area is 131 Å². The first-order valence-electron chi connectivity index (χ1n) is 7.56. The Morgan fingerprint density at radius 3 is 2.52 bits per heavy atom. The molecule has 3 nitrogen and oxygen atoms in total. The van der Waals surface area contributed by atoms with Crippen LogP contribution in [0.25, 0.3) is 0 Å². The topological polar surface area (TPSA) is 40.5 Å². The number of rotatable bonds is 3. The van der Waals surface area contributed by atoms with Gasteiger partial charge in [0.25, 0.3) is 0 Å². The van der Waals surface area contributed by atoms with Crippen LogP contribution in [0.3, 0.4) is 0 Å². The lowest BCUT2D eigenvalue weighted by molar-refractivity contribution is -0.138. The molecule has 1 aromatic carbocycles. The molecular weight excluding hydrogens is 286 g/mol. The number of aliphatic hydroxyl groups is 1. The van der Waals surface area contributed by atoms with Crippen LogP contribution in [-0.4, -0.2) is 35.1 Å². The lowest BCUT2D eigenvalue weighted by Crippen LogP contribution is -2.48. The lowest BCUT2D eigenvalue weighted by Gasteiger charge is -2.38. The molecule has 1 saturated heterocycles. The number of benzene rings is 1. The van der Waals surface area contributed by atoms with Gasteiger partial charge in [-0.1, -0.05) is 23.7 Å². The number of likely N-dealkylation sites (tertiary alicyclic amines) is 1. The Morgan fingerprint density at radius 1 is 1.38 bits per heavy atom. The molecule has 0 unspecified atom stereocenters. The van der Waals surface area contributed by atoms with E-state index < -0.39 is 5.41 Å². The van der Waals surface area contributed by atoms with Gasteiger partial charge in [-0.2, -0.15) is 0 Å². The van der Waals surface area contributed by atoms with E-state index in [1.165, 1.54) is 0 Å². The zero-order valence-electron chi connectivity index (χ0n) is 13.0. The molecular formula is C17H24ClNO2. The number of hydrogen-bond donors (Lipinski definition) is 1. The first kappa shape index (κ1) is 16.3. The van der Waals surface area contributed by atoms with Crippen molar-refractivity contribution in [3.63, 3.8) is 0 Å². The zero-order chi connectivity index (χ0) is 15.6. The van der Waals surface area contributed by atoms with Gasteiger partial charge in [0, 0.05) is 18.1 Å². The first-order chi connectivity index (χ1) is 9.82. The summed E-state index contributed by atoms with van der Waals surface area (Å²) in [6.07, 6.45) is 1.45. The molecule has 0 spiro atoms. The van der Waals surface area contributed by atoms with Gasteiger partial charge in [-0.05, 0) is 57.2 Å². The molecule has 0 aliphatic carbocycles. The third-order valence-corrected chi connectivity index (χ3v) is 4.83. The van der Waals surface area contributed by atoms with Crippen LogP contribution in [0.4, 0.5) is 0 Å². The smallest absolute Gasteiger partial charge is 0.232 e. The predicted octanol–water partition coefficient (Wildman–Crippen LogP) is 3.24. The van der Waals surface area contributed by atoms with E-state index >= 15 is 0 Å². The summed E-state index contributed by atoms with van der Waals surface area (Å²) < 4.78 is 0. The third kappa shape index (κ3) is 3.58. The highest BCUT2D eigenvalue weighted by Crippen LogP contribution is 2.30. The van der Waals surface area contributed by atoms with E-state index in [-0.39, 0.29) is 12.0 Å². The van der Waals surface area contributed by atoms with Gasteiger partial charge in [0.1, 0.15) is 0 Å². The molecule has 1 amide bonds. The summed E-state index contributed by atoms with van der Waals surface area (Å²) in [6.45, 7) is 7.17. The molecule has 4 heteroatoms. The van der Waals surface area contributed by atoms with Crippen LogP contribution in [0, 0.1) is 5.92 Å². The molecule has 21 heavy (non-hydrogen) atoms. The molecule has 0 radical (unpaired) electrons. The molecule has 0 aromatic heterocycles. The maximum absolute atomic E-state index is 12.8. The molecule has 1 fully saturated rings. The Morgan fingerprint density at radius 2 is 2.00 bits per heavy atom. The van der Waals surface area contributed by atoms with Crippen molar-refractivity contribution in [1.29, 1.82) is 0 Å². The van der Waals surface area contributed by atoms with Crippen LogP contribution in [-0.2, 0) is 10.2 Å². The molecule has 2 rings (SSSR count). The zero-order valence-corrected chi connectivity index (χ0v) is 13.7. The average molecular weight is 310 g/mol. The van der Waals surface area contributed by atoms with Gasteiger partial charge < -0.3 is 10.0 Å². The van der Waals surface area contributed by atoms with Gasteiger partial charge in [0.2, 0.25) is 5.91 Å². The van der Waals surface area contributed by atoms with E-state index in [1.54, 1.807) is 0 Å². The van der Waals surface area contributed by atoms with Crippen molar-refractivity contribution in [1.82, 2.24) is 4.90 Å². The SMILES string of the molecule is C[C@@H](O)C1CCN(C(=O)C(C)(C)c2cccc(Cl)c2)CC1. The molecule has 1 heterocycles. The van der Waals surface area contributed by atoms with E-state index in [4.69, 9.17) is 11.6 Å². The molecule has 0 bridgehead atoms. The van der Waals surface area contributed by atoms with Gasteiger partial charge in [-0.3, -0.25) is 4.79 Å². The van der Waals surface area contributed by atoms with Gasteiger partial charge in [-0.15, -0.1) is 0 Å². The second kappa shape index (κ2) is 6.37. The lowest BCUT2D eigenvalue weighted by atomic mass is 9.82. The van der Waals surface area contributed by atoms with Gasteiger partial charge >= 0.3 is 0 Å². The summed E-state index contributed by atoms with van der Waals surface area (Å²) in [4.78, 5) is 14.7. The molecule has 1 aliphatic heterocycles. The van der Waals surface area contributed by atoms with E-state index in [0.29, 0.717) is 10.9 Å². The summed E-state index contributed by atoms with van der Waals surface area (Å²) >= 11 is 6.04. The van der Waals surface area contributed by atoms with Crippen molar-refractivity contribution in [2.45, 2.75) is 45.1 Å². The molecule has 116 valence electrons. The largest absolute Gasteiger partial charge is 0.393 e. The number of piperidine rings is 1. The monoisotopic (exact) mass is 309 g/mol. The van der Waals surface area contributed by atoms with Crippen molar-refractivity contribution in [3.05, 3.63) is 34.9 Å². The van der Waals surface area contributed by atoms with Crippen LogP contribution in [0.2, 0.25) is 5.02 Å². The first-order valence-corrected chi connectivity index (χ1v) is 7.93. The highest BCUT2D eigenvalue weighted by molar-refractivity contribution is 6.30. The van der Waals surface area contributed by atoms with Crippen molar-refractivity contribution in [2.24, 2.45) is 5.92 Å². The minimum atomic E-state index is -0.581. The van der Waals surface area contributed by atoms with Crippen LogP contribution >= 0.6 is 11.6 Å². The third-order valence-electron chi connectivity index (χ3n) is 4.59. The Hall–Kier alpha value is -1.06. The van der Waals surface area contributed by atoms with Crippen molar-refractivity contribution >= 4 is 17.5 Å². The summed E-state index contributed by atoms with van der Waals surface area (Å²) in [5.74, 6) is 0.442. The van der Waals surface area contributed by atoms with Crippen LogP contribution in [0.1, 0.15) is 39.2 Å². The predicted molar refractivity (Wildman–Crippen MR) is 85.5 cm³/mol. The fraction of sp³-hybridized carbons (Fsp3) is 0.588. The summed E-state index contributed by atoms with van der Waals surface area (Å²) in [7, 11) is 0. The van der Waals surface area contributed by atoms with E-state index in [2.05, 4.69) is 0 Å². The fourth-order valence-corrected chi connectivity index (χ4v) is 3.17. The van der Waals surface area contributed by atoms with Crippen molar-refractivity contribution in [2.75, 3.05) is 13.1 Å². The van der Waals surface area contributed by atoms with Crippen molar-refractivity contribution < 1.29 is 9.90 Å².